The van der Waals surface area contributed by atoms with Crippen molar-refractivity contribution in [3.63, 3.8) is 0 Å². The van der Waals surface area contributed by atoms with Crippen molar-refractivity contribution in [3.8, 4) is 0 Å². The lowest BCUT2D eigenvalue weighted by atomic mass is 10.4. The minimum Gasteiger partial charge on any atom is -0.220 e. The molecule has 1 N–H and O–H groups in total. The molecule has 3 nitrogen and oxygen atoms in total. The van der Waals surface area contributed by atoms with Gasteiger partial charge in [0, 0.05) is 11.2 Å². The molecule has 0 aliphatic carbocycles. The van der Waals surface area contributed by atoms with Gasteiger partial charge >= 0.3 is 0 Å². The van der Waals surface area contributed by atoms with Crippen molar-refractivity contribution in [2.45, 2.75) is 6.92 Å². The lowest BCUT2D eigenvalue weighted by Gasteiger charge is -2.21. The highest BCUT2D eigenvalue weighted by Crippen LogP contribution is 2.19. The fourth-order valence-corrected chi connectivity index (χ4v) is 1.65. The molecule has 1 aliphatic rings. The van der Waals surface area contributed by atoms with Crippen molar-refractivity contribution < 1.29 is 0 Å². The van der Waals surface area contributed by atoms with Gasteiger partial charge in [-0.2, -0.15) is 5.10 Å². The maximum absolute atomic E-state index is 4.12. The number of hydrazone groups is 1. The Bertz CT molecular complexity index is 200. The van der Waals surface area contributed by atoms with Gasteiger partial charge in [-0.3, -0.25) is 0 Å². The highest BCUT2D eigenvalue weighted by atomic mass is 32.2. The predicted octanol–water partition coefficient (Wildman–Crippen LogP) is 1.66. The summed E-state index contributed by atoms with van der Waals surface area (Å²) in [5, 5.41) is 4.12. The summed E-state index contributed by atoms with van der Waals surface area (Å²) in [7, 11) is 0. The van der Waals surface area contributed by atoms with E-state index in [1.807, 2.05) is 23.8 Å². The summed E-state index contributed by atoms with van der Waals surface area (Å²) in [4.78, 5) is 1.21. The van der Waals surface area contributed by atoms with Crippen LogP contribution in [0.15, 0.2) is 16.2 Å². The molecule has 0 radical (unpaired) electrons. The molecule has 0 aromatic rings. The first kappa shape index (κ1) is 8.80. The van der Waals surface area contributed by atoms with Crippen LogP contribution in [0.5, 0.6) is 0 Å². The van der Waals surface area contributed by atoms with E-state index in [0.29, 0.717) is 0 Å². The molecule has 5 heteroatoms. The molecule has 11 heavy (non-hydrogen) atoms. The van der Waals surface area contributed by atoms with Gasteiger partial charge < -0.3 is 0 Å². The molecule has 0 spiro atoms. The molecule has 0 aromatic heterocycles. The third-order valence-corrected chi connectivity index (χ3v) is 2.75. The molecule has 1 heterocycles. The minimum absolute atomic E-state index is 1.04. The monoisotopic (exact) mass is 189 g/mol. The van der Waals surface area contributed by atoms with Crippen LogP contribution in [0.3, 0.4) is 0 Å². The van der Waals surface area contributed by atoms with Crippen molar-refractivity contribution in [2.24, 2.45) is 5.10 Å². The summed E-state index contributed by atoms with van der Waals surface area (Å²) in [5.74, 6) is 0. The van der Waals surface area contributed by atoms with Crippen molar-refractivity contribution in [1.82, 2.24) is 9.95 Å². The van der Waals surface area contributed by atoms with Gasteiger partial charge in [-0.15, -0.1) is 11.8 Å². The van der Waals surface area contributed by atoms with E-state index in [4.69, 9.17) is 0 Å². The quantitative estimate of drug-likeness (QED) is 0.669. The summed E-state index contributed by atoms with van der Waals surface area (Å²) in [6.07, 6.45) is 6.09. The molecule has 0 atom stereocenters. The van der Waals surface area contributed by atoms with Gasteiger partial charge in [-0.05, 0) is 25.1 Å². The molecular formula is C6H11N3S2. The topological polar surface area (TPSA) is 27.6 Å². The Hall–Kier alpha value is -0.290. The maximum atomic E-state index is 4.12. The van der Waals surface area contributed by atoms with Gasteiger partial charge in [0.05, 0.1) is 11.9 Å². The van der Waals surface area contributed by atoms with E-state index in [9.17, 15) is 0 Å². The molecule has 1 rings (SSSR count). The number of hydrazine groups is 1. The van der Waals surface area contributed by atoms with E-state index >= 15 is 0 Å². The molecule has 0 saturated carbocycles. The number of nitrogens with one attached hydrogen (secondary N) is 1. The summed E-state index contributed by atoms with van der Waals surface area (Å²) < 4.78 is 1.87. The Morgan fingerprint density at radius 3 is 2.82 bits per heavy atom. The average molecular weight is 189 g/mol. The average Bonchev–Trinajstić information content (AvgIpc) is 2.05. The van der Waals surface area contributed by atoms with Crippen LogP contribution in [0.25, 0.3) is 0 Å². The van der Waals surface area contributed by atoms with E-state index in [1.165, 1.54) is 4.91 Å². The van der Waals surface area contributed by atoms with Gasteiger partial charge in [-0.1, -0.05) is 0 Å². The molecule has 0 amide bonds. The Labute approximate surface area is 75.4 Å². The highest BCUT2D eigenvalue weighted by Gasteiger charge is 2.08. The van der Waals surface area contributed by atoms with Gasteiger partial charge in [0.25, 0.3) is 0 Å². The number of thioether (sulfide) groups is 1. The Balaban J connectivity index is 2.69. The zero-order valence-corrected chi connectivity index (χ0v) is 8.42. The van der Waals surface area contributed by atoms with Crippen LogP contribution in [0.1, 0.15) is 6.92 Å². The predicted molar refractivity (Wildman–Crippen MR) is 53.2 cm³/mol. The van der Waals surface area contributed by atoms with Gasteiger partial charge in [-0.25, -0.2) is 9.95 Å². The molecular weight excluding hydrogens is 178 g/mol. The summed E-state index contributed by atoms with van der Waals surface area (Å²) in [5.41, 5.74) is 3.92. The summed E-state index contributed by atoms with van der Waals surface area (Å²) in [6, 6.07) is 0. The first-order valence-electron chi connectivity index (χ1n) is 3.17. The SMILES string of the molecule is CSC1=CN(SC)NN=C1C. The van der Waals surface area contributed by atoms with Crippen LogP contribution in [0.2, 0.25) is 0 Å². The smallest absolute Gasteiger partial charge is 0.0743 e. The Morgan fingerprint density at radius 1 is 1.55 bits per heavy atom. The Kier molecular flexibility index (Phi) is 3.14. The lowest BCUT2D eigenvalue weighted by Crippen LogP contribution is -2.27. The first-order chi connectivity index (χ1) is 5.27. The first-order valence-corrected chi connectivity index (χ1v) is 5.58. The second-order valence-electron chi connectivity index (χ2n) is 2.00. The van der Waals surface area contributed by atoms with Crippen molar-refractivity contribution in [3.05, 3.63) is 11.1 Å². The number of rotatable bonds is 2. The van der Waals surface area contributed by atoms with Crippen LogP contribution in [0.4, 0.5) is 0 Å². The molecule has 0 bridgehead atoms. The third kappa shape index (κ3) is 2.07. The van der Waals surface area contributed by atoms with Crippen LogP contribution in [-0.2, 0) is 0 Å². The van der Waals surface area contributed by atoms with E-state index in [1.54, 1.807) is 23.7 Å². The summed E-state index contributed by atoms with van der Waals surface area (Å²) >= 11 is 3.30. The van der Waals surface area contributed by atoms with Gasteiger partial charge in [0.1, 0.15) is 0 Å². The van der Waals surface area contributed by atoms with Gasteiger partial charge in [0.15, 0.2) is 0 Å². The molecule has 0 saturated heterocycles. The maximum Gasteiger partial charge on any atom is 0.0743 e. The molecule has 0 aromatic carbocycles. The van der Waals surface area contributed by atoms with Crippen molar-refractivity contribution in [2.75, 3.05) is 12.5 Å². The second kappa shape index (κ2) is 3.92. The van der Waals surface area contributed by atoms with Crippen LogP contribution >= 0.6 is 23.7 Å². The fourth-order valence-electron chi connectivity index (χ4n) is 0.702. The zero-order valence-electron chi connectivity index (χ0n) is 6.79. The number of hydrogen-bond acceptors (Lipinski definition) is 5. The van der Waals surface area contributed by atoms with E-state index in [0.717, 1.165) is 5.71 Å². The molecule has 1 aliphatic heterocycles. The van der Waals surface area contributed by atoms with Crippen LogP contribution < -0.4 is 5.53 Å². The van der Waals surface area contributed by atoms with E-state index < -0.39 is 0 Å². The highest BCUT2D eigenvalue weighted by molar-refractivity contribution is 8.03. The van der Waals surface area contributed by atoms with Gasteiger partial charge in [0.2, 0.25) is 0 Å². The number of nitrogens with zero attached hydrogens (tertiary/aromatic N) is 2. The molecule has 0 unspecified atom stereocenters. The van der Waals surface area contributed by atoms with Crippen LogP contribution in [0, 0.1) is 0 Å². The zero-order chi connectivity index (χ0) is 8.27. The normalized spacial score (nSPS) is 17.2. The van der Waals surface area contributed by atoms with Crippen LogP contribution in [-0.4, -0.2) is 22.6 Å². The van der Waals surface area contributed by atoms with Crippen molar-refractivity contribution in [1.29, 1.82) is 0 Å². The third-order valence-electron chi connectivity index (χ3n) is 1.32. The molecule has 0 fully saturated rings. The van der Waals surface area contributed by atoms with Crippen molar-refractivity contribution >= 4 is 29.4 Å². The number of hydrogen-bond donors (Lipinski definition) is 1. The lowest BCUT2D eigenvalue weighted by molar-refractivity contribution is 0.465. The minimum atomic E-state index is 1.04. The summed E-state index contributed by atoms with van der Waals surface area (Å²) in [6.45, 7) is 1.99. The second-order valence-corrected chi connectivity index (χ2v) is 3.61. The number of allylic oxidation sites excluding steroid dienone is 1. The molecule has 62 valence electrons. The van der Waals surface area contributed by atoms with E-state index in [2.05, 4.69) is 16.9 Å². The largest absolute Gasteiger partial charge is 0.220 e. The van der Waals surface area contributed by atoms with E-state index in [-0.39, 0.29) is 0 Å². The Morgan fingerprint density at radius 2 is 2.27 bits per heavy atom. The fraction of sp³-hybridized carbons (Fsp3) is 0.500. The standard InChI is InChI=1S/C6H11N3S2/c1-5-6(10-2)4-9(11-3)8-7-5/h4,8H,1-3H3.